The number of β-lactam (4-membered cyclic amide) rings is 1. The Labute approximate surface area is 194 Å². The molecule has 33 heavy (non-hydrogen) atoms. The molecule has 3 N–H and O–H groups in total. The van der Waals surface area contributed by atoms with Gasteiger partial charge in [-0.3, -0.25) is 14.5 Å². The van der Waals surface area contributed by atoms with Crippen LogP contribution in [0.1, 0.15) is 38.2 Å². The minimum Gasteiger partial charge on any atom is -0.384 e. The topological polar surface area (TPSA) is 109 Å². The molecule has 2 aromatic rings. The molecule has 2 fully saturated rings. The Balaban J connectivity index is 1.57. The van der Waals surface area contributed by atoms with Crippen LogP contribution in [0.3, 0.4) is 0 Å². The summed E-state index contributed by atoms with van der Waals surface area (Å²) in [7, 11) is 1.67. The molecule has 1 aliphatic carbocycles. The standard InChI is InChI=1S/C25H31N5O3/c1-3-7-20(17-10-11-17)28-25(33)30-22(24(32)29(2)18-8-5-4-6-9-18)19(23(30)31)14-16-12-13-27-21(26)15-16/h4-6,8-9,12-13,15,17,19-20,22H,3,7,10-11,14H2,1-2H3,(H2,26,27)(H,28,33)/t19-,20-,22+/m1/s1. The van der Waals surface area contributed by atoms with Gasteiger partial charge in [-0.2, -0.15) is 0 Å². The number of nitrogens with zero attached hydrogens (tertiary/aromatic N) is 3. The zero-order chi connectivity index (χ0) is 23.5. The number of urea groups is 1. The molecule has 8 nitrogen and oxygen atoms in total. The Bertz CT molecular complexity index is 1020. The molecule has 1 saturated heterocycles. The number of hydrogen-bond acceptors (Lipinski definition) is 5. The number of imide groups is 1. The van der Waals surface area contributed by atoms with E-state index in [4.69, 9.17) is 5.73 Å². The second-order valence-corrected chi connectivity index (χ2v) is 8.97. The molecular weight excluding hydrogens is 418 g/mol. The van der Waals surface area contributed by atoms with E-state index in [0.29, 0.717) is 23.8 Å². The van der Waals surface area contributed by atoms with Gasteiger partial charge in [0, 0.05) is 25.0 Å². The molecule has 0 radical (unpaired) electrons. The van der Waals surface area contributed by atoms with E-state index in [9.17, 15) is 14.4 Å². The van der Waals surface area contributed by atoms with E-state index in [2.05, 4.69) is 17.2 Å². The first-order valence-corrected chi connectivity index (χ1v) is 11.6. The fourth-order valence-electron chi connectivity index (χ4n) is 4.57. The van der Waals surface area contributed by atoms with Crippen LogP contribution in [0.15, 0.2) is 48.7 Å². The summed E-state index contributed by atoms with van der Waals surface area (Å²) in [5.41, 5.74) is 7.31. The first kappa shape index (κ1) is 22.8. The molecule has 1 aromatic heterocycles. The monoisotopic (exact) mass is 449 g/mol. The summed E-state index contributed by atoms with van der Waals surface area (Å²) in [6.45, 7) is 2.08. The molecule has 3 atom stereocenters. The number of carbonyl (C=O) groups excluding carboxylic acids is 3. The van der Waals surface area contributed by atoms with Crippen LogP contribution in [-0.2, 0) is 16.0 Å². The second-order valence-electron chi connectivity index (χ2n) is 8.97. The molecule has 1 aromatic carbocycles. The van der Waals surface area contributed by atoms with Crippen molar-refractivity contribution in [2.45, 2.75) is 51.1 Å². The van der Waals surface area contributed by atoms with Crippen molar-refractivity contribution < 1.29 is 14.4 Å². The molecule has 2 heterocycles. The normalized spacial score (nSPS) is 20.7. The van der Waals surface area contributed by atoms with Gasteiger partial charge in [0.25, 0.3) is 5.91 Å². The van der Waals surface area contributed by atoms with Crippen LogP contribution in [-0.4, -0.2) is 46.9 Å². The number of rotatable bonds is 8. The largest absolute Gasteiger partial charge is 0.384 e. The number of para-hydroxylation sites is 1. The van der Waals surface area contributed by atoms with Gasteiger partial charge in [-0.25, -0.2) is 9.78 Å². The third-order valence-corrected chi connectivity index (χ3v) is 6.56. The Hall–Kier alpha value is -3.42. The number of nitrogens with two attached hydrogens (primary N) is 1. The van der Waals surface area contributed by atoms with Gasteiger partial charge in [-0.15, -0.1) is 0 Å². The number of amides is 4. The summed E-state index contributed by atoms with van der Waals surface area (Å²) in [5.74, 6) is -0.455. The van der Waals surface area contributed by atoms with Gasteiger partial charge in [0.15, 0.2) is 0 Å². The van der Waals surface area contributed by atoms with Crippen LogP contribution in [0.4, 0.5) is 16.3 Å². The highest BCUT2D eigenvalue weighted by molar-refractivity contribution is 6.12. The Kier molecular flexibility index (Phi) is 6.62. The van der Waals surface area contributed by atoms with E-state index in [0.717, 1.165) is 36.1 Å². The first-order valence-electron chi connectivity index (χ1n) is 11.6. The number of likely N-dealkylation sites (tertiary alicyclic amines) is 1. The van der Waals surface area contributed by atoms with Crippen LogP contribution in [0.25, 0.3) is 0 Å². The van der Waals surface area contributed by atoms with E-state index >= 15 is 0 Å². The van der Waals surface area contributed by atoms with Crippen LogP contribution >= 0.6 is 0 Å². The van der Waals surface area contributed by atoms with Crippen molar-refractivity contribution in [3.8, 4) is 0 Å². The van der Waals surface area contributed by atoms with Crippen molar-refractivity contribution in [1.29, 1.82) is 0 Å². The summed E-state index contributed by atoms with van der Waals surface area (Å²) in [6, 6.07) is 11.4. The van der Waals surface area contributed by atoms with Crippen LogP contribution in [0, 0.1) is 11.8 Å². The summed E-state index contributed by atoms with van der Waals surface area (Å²) in [4.78, 5) is 46.5. The lowest BCUT2D eigenvalue weighted by molar-refractivity contribution is -0.156. The maximum atomic E-state index is 13.5. The molecule has 0 bridgehead atoms. The molecule has 2 aliphatic rings. The minimum atomic E-state index is -0.876. The zero-order valence-electron chi connectivity index (χ0n) is 19.1. The minimum absolute atomic E-state index is 0.0388. The van der Waals surface area contributed by atoms with Crippen LogP contribution < -0.4 is 16.0 Å². The molecule has 1 aliphatic heterocycles. The number of aromatic nitrogens is 1. The molecule has 1 saturated carbocycles. The fourth-order valence-corrected chi connectivity index (χ4v) is 4.57. The van der Waals surface area contributed by atoms with Gasteiger partial charge < -0.3 is 16.0 Å². The number of anilines is 2. The first-order chi connectivity index (χ1) is 15.9. The smallest absolute Gasteiger partial charge is 0.325 e. The van der Waals surface area contributed by atoms with E-state index in [1.807, 2.05) is 30.3 Å². The van der Waals surface area contributed by atoms with Gasteiger partial charge in [0.1, 0.15) is 11.9 Å². The average Bonchev–Trinajstić information content (AvgIpc) is 3.65. The molecule has 0 unspecified atom stereocenters. The van der Waals surface area contributed by atoms with Gasteiger partial charge in [0.05, 0.1) is 5.92 Å². The van der Waals surface area contributed by atoms with Crippen molar-refractivity contribution in [2.24, 2.45) is 11.8 Å². The number of nitrogens with one attached hydrogen (secondary N) is 1. The highest BCUT2D eigenvalue weighted by Gasteiger charge is 2.55. The summed E-state index contributed by atoms with van der Waals surface area (Å²) >= 11 is 0. The van der Waals surface area contributed by atoms with Crippen molar-refractivity contribution in [3.05, 3.63) is 54.2 Å². The number of carbonyl (C=O) groups is 3. The lowest BCUT2D eigenvalue weighted by atomic mass is 9.81. The molecule has 174 valence electrons. The third-order valence-electron chi connectivity index (χ3n) is 6.56. The highest BCUT2D eigenvalue weighted by atomic mass is 16.2. The van der Waals surface area contributed by atoms with Gasteiger partial charge in [-0.05, 0) is 61.4 Å². The lowest BCUT2D eigenvalue weighted by Gasteiger charge is -2.46. The van der Waals surface area contributed by atoms with Crippen molar-refractivity contribution >= 4 is 29.4 Å². The predicted octanol–water partition coefficient (Wildman–Crippen LogP) is 2.98. The van der Waals surface area contributed by atoms with Crippen molar-refractivity contribution in [1.82, 2.24) is 15.2 Å². The van der Waals surface area contributed by atoms with Gasteiger partial charge in [-0.1, -0.05) is 31.5 Å². The van der Waals surface area contributed by atoms with Crippen LogP contribution in [0.5, 0.6) is 0 Å². The number of nitrogen functional groups attached to an aromatic ring is 1. The average molecular weight is 450 g/mol. The van der Waals surface area contributed by atoms with Crippen molar-refractivity contribution in [3.63, 3.8) is 0 Å². The van der Waals surface area contributed by atoms with E-state index in [1.165, 1.54) is 4.90 Å². The highest BCUT2D eigenvalue weighted by Crippen LogP contribution is 2.36. The summed E-state index contributed by atoms with van der Waals surface area (Å²) < 4.78 is 0. The van der Waals surface area contributed by atoms with E-state index < -0.39 is 18.0 Å². The van der Waals surface area contributed by atoms with E-state index in [1.54, 1.807) is 25.4 Å². The molecule has 4 rings (SSSR count). The maximum Gasteiger partial charge on any atom is 0.325 e. The van der Waals surface area contributed by atoms with Gasteiger partial charge >= 0.3 is 6.03 Å². The van der Waals surface area contributed by atoms with Crippen LogP contribution in [0.2, 0.25) is 0 Å². The Morgan fingerprint density at radius 1 is 1.24 bits per heavy atom. The Morgan fingerprint density at radius 3 is 2.61 bits per heavy atom. The van der Waals surface area contributed by atoms with E-state index in [-0.39, 0.29) is 17.9 Å². The van der Waals surface area contributed by atoms with Crippen molar-refractivity contribution in [2.75, 3.05) is 17.7 Å². The number of benzene rings is 1. The SMILES string of the molecule is CCC[C@@H](NC(=O)N1C(=O)[C@H](Cc2ccnc(N)c2)[C@H]1C(=O)N(C)c1ccccc1)C1CC1. The quantitative estimate of drug-likeness (QED) is 0.602. The molecule has 8 heteroatoms. The molecular formula is C25H31N5O3. The summed E-state index contributed by atoms with van der Waals surface area (Å²) in [6.07, 6.45) is 5.88. The predicted molar refractivity (Wildman–Crippen MR) is 126 cm³/mol. The zero-order valence-corrected chi connectivity index (χ0v) is 19.1. The third kappa shape index (κ3) is 4.84. The lowest BCUT2D eigenvalue weighted by Crippen LogP contribution is -2.71. The second kappa shape index (κ2) is 9.60. The number of hydrogen-bond donors (Lipinski definition) is 2. The molecule has 4 amide bonds. The number of pyridine rings is 1. The number of likely N-dealkylation sites (N-methyl/N-ethyl adjacent to an activating group) is 1. The summed E-state index contributed by atoms with van der Waals surface area (Å²) in [5, 5.41) is 3.03. The molecule has 0 spiro atoms. The van der Waals surface area contributed by atoms with Gasteiger partial charge in [0.2, 0.25) is 5.91 Å². The Morgan fingerprint density at radius 2 is 1.97 bits per heavy atom. The fraction of sp³-hybridized carbons (Fsp3) is 0.440. The maximum absolute atomic E-state index is 13.5.